The van der Waals surface area contributed by atoms with Crippen molar-refractivity contribution >= 4 is 11.8 Å². The summed E-state index contributed by atoms with van der Waals surface area (Å²) < 4.78 is 0. The number of carbonyl (C=O) groups is 2. The first-order chi connectivity index (χ1) is 8.08. The van der Waals surface area contributed by atoms with Gasteiger partial charge in [-0.3, -0.25) is 14.5 Å². The highest BCUT2D eigenvalue weighted by molar-refractivity contribution is 5.98. The van der Waals surface area contributed by atoms with E-state index in [1.807, 2.05) is 6.92 Å². The molecule has 1 aliphatic carbocycles. The number of nitrogens with zero attached hydrogens (tertiary/aromatic N) is 1. The van der Waals surface area contributed by atoms with E-state index in [1.165, 1.54) is 11.3 Å². The van der Waals surface area contributed by atoms with Gasteiger partial charge < -0.3 is 5.73 Å². The number of likely N-dealkylation sites (tertiary alicyclic amines) is 1. The van der Waals surface area contributed by atoms with Gasteiger partial charge in [-0.2, -0.15) is 0 Å². The molecule has 1 spiro atoms. The van der Waals surface area contributed by atoms with Crippen LogP contribution in [0.3, 0.4) is 0 Å². The number of rotatable bonds is 2. The number of piperidine rings is 1. The van der Waals surface area contributed by atoms with Crippen LogP contribution in [0.5, 0.6) is 0 Å². The average molecular weight is 238 g/mol. The summed E-state index contributed by atoms with van der Waals surface area (Å²) in [7, 11) is 0. The molecular formula is C13H22N2O2. The molecule has 2 amide bonds. The van der Waals surface area contributed by atoms with Crippen molar-refractivity contribution in [3.8, 4) is 0 Å². The third-order valence-electron chi connectivity index (χ3n) is 4.29. The van der Waals surface area contributed by atoms with Gasteiger partial charge >= 0.3 is 0 Å². The number of amides is 2. The van der Waals surface area contributed by atoms with Crippen LogP contribution in [0.2, 0.25) is 0 Å². The second kappa shape index (κ2) is 4.77. The average Bonchev–Trinajstić information content (AvgIpc) is 2.28. The lowest BCUT2D eigenvalue weighted by Crippen LogP contribution is -2.53. The van der Waals surface area contributed by atoms with Crippen molar-refractivity contribution < 1.29 is 9.59 Å². The Bertz CT molecular complexity index is 301. The molecular weight excluding hydrogens is 216 g/mol. The van der Waals surface area contributed by atoms with Gasteiger partial charge in [0.1, 0.15) is 0 Å². The molecule has 2 aliphatic rings. The first-order valence-electron chi connectivity index (χ1n) is 6.63. The van der Waals surface area contributed by atoms with Crippen LogP contribution >= 0.6 is 0 Å². The molecule has 0 aromatic heterocycles. The number of hydrogen-bond acceptors (Lipinski definition) is 3. The summed E-state index contributed by atoms with van der Waals surface area (Å²) >= 11 is 0. The zero-order valence-corrected chi connectivity index (χ0v) is 10.6. The van der Waals surface area contributed by atoms with Crippen molar-refractivity contribution in [1.29, 1.82) is 0 Å². The maximum absolute atomic E-state index is 12.1. The molecule has 4 heteroatoms. The van der Waals surface area contributed by atoms with Gasteiger partial charge in [-0.25, -0.2) is 0 Å². The van der Waals surface area contributed by atoms with E-state index in [1.54, 1.807) is 0 Å². The van der Waals surface area contributed by atoms with Crippen molar-refractivity contribution in [1.82, 2.24) is 4.90 Å². The number of hydrogen-bond donors (Lipinski definition) is 1. The third-order valence-corrected chi connectivity index (χ3v) is 4.29. The van der Waals surface area contributed by atoms with E-state index in [2.05, 4.69) is 0 Å². The van der Waals surface area contributed by atoms with Gasteiger partial charge in [0.15, 0.2) is 0 Å². The van der Waals surface area contributed by atoms with E-state index in [9.17, 15) is 9.59 Å². The largest absolute Gasteiger partial charge is 0.328 e. The van der Waals surface area contributed by atoms with Gasteiger partial charge in [0, 0.05) is 25.4 Å². The Labute approximate surface area is 103 Å². The summed E-state index contributed by atoms with van der Waals surface area (Å²) in [5.41, 5.74) is 5.53. The summed E-state index contributed by atoms with van der Waals surface area (Å²) in [4.78, 5) is 25.6. The molecule has 1 saturated carbocycles. The molecule has 4 nitrogen and oxygen atoms in total. The molecule has 1 saturated heterocycles. The fourth-order valence-electron chi connectivity index (χ4n) is 3.27. The minimum atomic E-state index is -0.157. The monoisotopic (exact) mass is 238 g/mol. The smallest absolute Gasteiger partial charge is 0.230 e. The first kappa shape index (κ1) is 12.6. The van der Waals surface area contributed by atoms with E-state index < -0.39 is 0 Å². The molecule has 2 fully saturated rings. The number of nitrogens with two attached hydrogens (primary N) is 1. The molecule has 0 aromatic rings. The standard InChI is InChI=1S/C13H22N2O2/c1-10(9-14)15-11(16)7-13(8-12(15)17)5-3-2-4-6-13/h10H,2-9,14H2,1H3. The molecule has 0 radical (unpaired) electrons. The van der Waals surface area contributed by atoms with Gasteiger partial charge in [0.25, 0.3) is 0 Å². The topological polar surface area (TPSA) is 63.4 Å². The second-order valence-electron chi connectivity index (χ2n) is 5.66. The minimum absolute atomic E-state index is 0.0129. The highest BCUT2D eigenvalue weighted by Gasteiger charge is 2.44. The van der Waals surface area contributed by atoms with E-state index in [-0.39, 0.29) is 23.3 Å². The SMILES string of the molecule is CC(CN)N1C(=O)CC2(CCCCC2)CC1=O. The molecule has 17 heavy (non-hydrogen) atoms. The Kier molecular flexibility index (Phi) is 3.52. The van der Waals surface area contributed by atoms with Crippen molar-refractivity contribution in [2.45, 2.75) is 57.9 Å². The normalized spacial score (nSPS) is 26.4. The van der Waals surface area contributed by atoms with Gasteiger partial charge in [0.05, 0.1) is 0 Å². The van der Waals surface area contributed by atoms with Crippen LogP contribution in [-0.4, -0.2) is 29.3 Å². The fraction of sp³-hybridized carbons (Fsp3) is 0.846. The maximum atomic E-state index is 12.1. The van der Waals surface area contributed by atoms with Crippen LogP contribution in [0.4, 0.5) is 0 Å². The summed E-state index contributed by atoms with van der Waals surface area (Å²) in [5.74, 6) is -0.0257. The van der Waals surface area contributed by atoms with Gasteiger partial charge in [-0.1, -0.05) is 19.3 Å². The number of carbonyl (C=O) groups excluding carboxylic acids is 2. The summed E-state index contributed by atoms with van der Waals surface area (Å²) in [5, 5.41) is 0. The Hall–Kier alpha value is -0.900. The van der Waals surface area contributed by atoms with Crippen molar-refractivity contribution in [3.63, 3.8) is 0 Å². The van der Waals surface area contributed by atoms with E-state index in [0.29, 0.717) is 19.4 Å². The molecule has 1 atom stereocenters. The minimum Gasteiger partial charge on any atom is -0.328 e. The predicted octanol–water partition coefficient (Wildman–Crippen LogP) is 1.43. The lowest BCUT2D eigenvalue weighted by atomic mass is 9.67. The van der Waals surface area contributed by atoms with Crippen molar-refractivity contribution in [2.75, 3.05) is 6.54 Å². The second-order valence-corrected chi connectivity index (χ2v) is 5.66. The highest BCUT2D eigenvalue weighted by Crippen LogP contribution is 2.45. The summed E-state index contributed by atoms with van der Waals surface area (Å²) in [6.45, 7) is 2.19. The third kappa shape index (κ3) is 2.37. The van der Waals surface area contributed by atoms with Crippen LogP contribution in [0.1, 0.15) is 51.9 Å². The first-order valence-corrected chi connectivity index (χ1v) is 6.63. The Morgan fingerprint density at radius 1 is 1.18 bits per heavy atom. The molecule has 96 valence electrons. The lowest BCUT2D eigenvalue weighted by Gasteiger charge is -2.43. The maximum Gasteiger partial charge on any atom is 0.230 e. The van der Waals surface area contributed by atoms with Crippen LogP contribution in [0.15, 0.2) is 0 Å². The fourth-order valence-corrected chi connectivity index (χ4v) is 3.27. The predicted molar refractivity (Wildman–Crippen MR) is 65.1 cm³/mol. The molecule has 1 unspecified atom stereocenters. The molecule has 2 N–H and O–H groups in total. The quantitative estimate of drug-likeness (QED) is 0.740. The van der Waals surface area contributed by atoms with Crippen molar-refractivity contribution in [2.24, 2.45) is 11.1 Å². The molecule has 1 heterocycles. The van der Waals surface area contributed by atoms with Gasteiger partial charge in [-0.15, -0.1) is 0 Å². The lowest BCUT2D eigenvalue weighted by molar-refractivity contribution is -0.157. The van der Waals surface area contributed by atoms with Crippen LogP contribution in [0, 0.1) is 5.41 Å². The zero-order valence-electron chi connectivity index (χ0n) is 10.6. The van der Waals surface area contributed by atoms with Crippen LogP contribution in [0.25, 0.3) is 0 Å². The van der Waals surface area contributed by atoms with Gasteiger partial charge in [0.2, 0.25) is 11.8 Å². The number of imide groups is 1. The Morgan fingerprint density at radius 2 is 1.71 bits per heavy atom. The Balaban J connectivity index is 2.12. The van der Waals surface area contributed by atoms with Crippen LogP contribution < -0.4 is 5.73 Å². The van der Waals surface area contributed by atoms with Gasteiger partial charge in [-0.05, 0) is 25.2 Å². The Morgan fingerprint density at radius 3 is 2.18 bits per heavy atom. The molecule has 2 rings (SSSR count). The van der Waals surface area contributed by atoms with Crippen LogP contribution in [-0.2, 0) is 9.59 Å². The zero-order chi connectivity index (χ0) is 12.5. The molecule has 0 aromatic carbocycles. The van der Waals surface area contributed by atoms with Crippen molar-refractivity contribution in [3.05, 3.63) is 0 Å². The van der Waals surface area contributed by atoms with E-state index >= 15 is 0 Å². The molecule has 1 aliphatic heterocycles. The highest BCUT2D eigenvalue weighted by atomic mass is 16.2. The van der Waals surface area contributed by atoms with E-state index in [0.717, 1.165) is 25.7 Å². The summed E-state index contributed by atoms with van der Waals surface area (Å²) in [6, 6.07) is -0.157. The summed E-state index contributed by atoms with van der Waals surface area (Å²) in [6.07, 6.45) is 6.73. The van der Waals surface area contributed by atoms with E-state index in [4.69, 9.17) is 5.73 Å². The molecule has 0 bridgehead atoms.